The Labute approximate surface area is 95.8 Å². The molecule has 1 rings (SSSR count). The van der Waals surface area contributed by atoms with E-state index in [1.165, 1.54) is 0 Å². The number of carbonyl (C=O) groups excluding carboxylic acids is 1. The van der Waals surface area contributed by atoms with Crippen molar-refractivity contribution in [1.29, 1.82) is 0 Å². The topological polar surface area (TPSA) is 69.6 Å². The molecule has 0 aliphatic carbocycles. The average molecular weight is 228 g/mol. The summed E-state index contributed by atoms with van der Waals surface area (Å²) in [4.78, 5) is 24.2. The van der Waals surface area contributed by atoms with Crippen molar-refractivity contribution in [3.63, 3.8) is 0 Å². The molecule has 2 N–H and O–H groups in total. The summed E-state index contributed by atoms with van der Waals surface area (Å²) in [5.41, 5.74) is 0. The van der Waals surface area contributed by atoms with Crippen molar-refractivity contribution in [2.45, 2.75) is 26.2 Å². The molecule has 16 heavy (non-hydrogen) atoms. The Hall–Kier alpha value is -1.10. The zero-order valence-corrected chi connectivity index (χ0v) is 9.74. The van der Waals surface area contributed by atoms with Gasteiger partial charge in [-0.2, -0.15) is 0 Å². The maximum atomic E-state index is 11.4. The molecule has 0 bridgehead atoms. The molecule has 1 saturated heterocycles. The van der Waals surface area contributed by atoms with Gasteiger partial charge in [0, 0.05) is 13.1 Å². The molecular weight excluding hydrogens is 208 g/mol. The highest BCUT2D eigenvalue weighted by atomic mass is 16.4. The quantitative estimate of drug-likeness (QED) is 0.710. The van der Waals surface area contributed by atoms with Crippen LogP contribution in [0.4, 0.5) is 0 Å². The Bertz CT molecular complexity index is 256. The highest BCUT2D eigenvalue weighted by molar-refractivity contribution is 5.78. The standard InChI is InChI=1S/C11H20N2O3/c1-2-5-12-10(14)8-13-6-3-4-9(7-13)11(15)16/h9H,2-8H2,1H3,(H,12,14)(H,15,16). The lowest BCUT2D eigenvalue weighted by Gasteiger charge is -2.29. The van der Waals surface area contributed by atoms with E-state index in [9.17, 15) is 9.59 Å². The number of hydrogen-bond donors (Lipinski definition) is 2. The molecule has 1 atom stereocenters. The first-order valence-electron chi connectivity index (χ1n) is 5.85. The van der Waals surface area contributed by atoms with Gasteiger partial charge in [-0.15, -0.1) is 0 Å². The molecule has 0 radical (unpaired) electrons. The Kier molecular flexibility index (Phi) is 5.25. The second-order valence-corrected chi connectivity index (χ2v) is 4.26. The third-order valence-corrected chi connectivity index (χ3v) is 2.79. The molecule has 0 aromatic carbocycles. The third kappa shape index (κ3) is 4.18. The predicted octanol–water partition coefficient (Wildman–Crippen LogP) is 0.309. The Morgan fingerprint density at radius 1 is 1.50 bits per heavy atom. The van der Waals surface area contributed by atoms with E-state index >= 15 is 0 Å². The first-order valence-corrected chi connectivity index (χ1v) is 5.85. The van der Waals surface area contributed by atoms with E-state index < -0.39 is 5.97 Å². The van der Waals surface area contributed by atoms with Gasteiger partial charge in [-0.1, -0.05) is 6.92 Å². The molecule has 1 heterocycles. The van der Waals surface area contributed by atoms with Crippen molar-refractivity contribution in [3.05, 3.63) is 0 Å². The van der Waals surface area contributed by atoms with E-state index in [4.69, 9.17) is 5.11 Å². The number of amides is 1. The Morgan fingerprint density at radius 2 is 2.25 bits per heavy atom. The smallest absolute Gasteiger partial charge is 0.307 e. The number of rotatable bonds is 5. The van der Waals surface area contributed by atoms with Crippen molar-refractivity contribution in [1.82, 2.24) is 10.2 Å². The van der Waals surface area contributed by atoms with Crippen molar-refractivity contribution in [3.8, 4) is 0 Å². The summed E-state index contributed by atoms with van der Waals surface area (Å²) in [7, 11) is 0. The summed E-state index contributed by atoms with van der Waals surface area (Å²) in [6, 6.07) is 0. The number of likely N-dealkylation sites (tertiary alicyclic amines) is 1. The van der Waals surface area contributed by atoms with Crippen LogP contribution in [0.15, 0.2) is 0 Å². The second-order valence-electron chi connectivity index (χ2n) is 4.26. The summed E-state index contributed by atoms with van der Waals surface area (Å²) >= 11 is 0. The molecule has 1 aliphatic heterocycles. The number of aliphatic carboxylic acids is 1. The van der Waals surface area contributed by atoms with Crippen molar-refractivity contribution in [2.24, 2.45) is 5.92 Å². The SMILES string of the molecule is CCCNC(=O)CN1CCCC(C(=O)O)C1. The van der Waals surface area contributed by atoms with Crippen LogP contribution in [0.25, 0.3) is 0 Å². The van der Waals surface area contributed by atoms with Crippen LogP contribution in [0.5, 0.6) is 0 Å². The lowest BCUT2D eigenvalue weighted by Crippen LogP contribution is -2.44. The van der Waals surface area contributed by atoms with Gasteiger partial charge in [0.1, 0.15) is 0 Å². The molecule has 1 unspecified atom stereocenters. The summed E-state index contributed by atoms with van der Waals surface area (Å²) in [5, 5.41) is 11.7. The molecule has 5 nitrogen and oxygen atoms in total. The van der Waals surface area contributed by atoms with E-state index in [0.29, 0.717) is 19.6 Å². The van der Waals surface area contributed by atoms with E-state index in [1.54, 1.807) is 0 Å². The molecule has 1 aliphatic rings. The van der Waals surface area contributed by atoms with Crippen LogP contribution < -0.4 is 5.32 Å². The maximum Gasteiger partial charge on any atom is 0.307 e. The molecule has 5 heteroatoms. The molecule has 1 fully saturated rings. The monoisotopic (exact) mass is 228 g/mol. The van der Waals surface area contributed by atoms with E-state index in [0.717, 1.165) is 25.8 Å². The van der Waals surface area contributed by atoms with E-state index in [-0.39, 0.29) is 11.8 Å². The van der Waals surface area contributed by atoms with Gasteiger partial charge in [0.15, 0.2) is 0 Å². The number of hydrogen-bond acceptors (Lipinski definition) is 3. The van der Waals surface area contributed by atoms with Crippen molar-refractivity contribution < 1.29 is 14.7 Å². The summed E-state index contributed by atoms with van der Waals surface area (Å²) in [6.07, 6.45) is 2.50. The lowest BCUT2D eigenvalue weighted by molar-refractivity contribution is -0.144. The highest BCUT2D eigenvalue weighted by Crippen LogP contribution is 2.15. The molecule has 0 saturated carbocycles. The molecule has 0 spiro atoms. The molecule has 0 aromatic heterocycles. The second kappa shape index (κ2) is 6.48. The number of carbonyl (C=O) groups is 2. The van der Waals surface area contributed by atoms with Crippen molar-refractivity contribution >= 4 is 11.9 Å². The van der Waals surface area contributed by atoms with Gasteiger partial charge < -0.3 is 10.4 Å². The van der Waals surface area contributed by atoms with Crippen LogP contribution in [0, 0.1) is 5.92 Å². The van der Waals surface area contributed by atoms with Crippen LogP contribution in [-0.4, -0.2) is 48.1 Å². The fourth-order valence-corrected chi connectivity index (χ4v) is 1.92. The Balaban J connectivity index is 2.31. The van der Waals surface area contributed by atoms with E-state index in [1.807, 2.05) is 11.8 Å². The third-order valence-electron chi connectivity index (χ3n) is 2.79. The van der Waals surface area contributed by atoms with E-state index in [2.05, 4.69) is 5.32 Å². The molecule has 92 valence electrons. The molecule has 1 amide bonds. The maximum absolute atomic E-state index is 11.4. The van der Waals surface area contributed by atoms with Crippen LogP contribution in [0.3, 0.4) is 0 Å². The van der Waals surface area contributed by atoms with Gasteiger partial charge in [-0.25, -0.2) is 0 Å². The van der Waals surface area contributed by atoms with Crippen LogP contribution >= 0.6 is 0 Å². The summed E-state index contributed by atoms with van der Waals surface area (Å²) in [6.45, 7) is 4.33. The van der Waals surface area contributed by atoms with Crippen LogP contribution in [-0.2, 0) is 9.59 Å². The van der Waals surface area contributed by atoms with Gasteiger partial charge in [0.2, 0.25) is 5.91 Å². The normalized spacial score (nSPS) is 21.7. The lowest BCUT2D eigenvalue weighted by atomic mass is 9.98. The first-order chi connectivity index (χ1) is 7.63. The summed E-state index contributed by atoms with van der Waals surface area (Å²) in [5.74, 6) is -1.07. The van der Waals surface area contributed by atoms with Gasteiger partial charge >= 0.3 is 5.97 Å². The zero-order chi connectivity index (χ0) is 12.0. The number of carboxylic acid groups (broad SMARTS) is 1. The molecule has 0 aromatic rings. The number of carboxylic acids is 1. The first kappa shape index (κ1) is 13.0. The molecular formula is C11H20N2O3. The summed E-state index contributed by atoms with van der Waals surface area (Å²) < 4.78 is 0. The van der Waals surface area contributed by atoms with Gasteiger partial charge in [-0.3, -0.25) is 14.5 Å². The fraction of sp³-hybridized carbons (Fsp3) is 0.818. The fourth-order valence-electron chi connectivity index (χ4n) is 1.92. The number of piperidine rings is 1. The average Bonchev–Trinajstić information content (AvgIpc) is 2.26. The van der Waals surface area contributed by atoms with Crippen LogP contribution in [0.1, 0.15) is 26.2 Å². The van der Waals surface area contributed by atoms with Gasteiger partial charge in [0.05, 0.1) is 12.5 Å². The minimum Gasteiger partial charge on any atom is -0.481 e. The van der Waals surface area contributed by atoms with Crippen LogP contribution in [0.2, 0.25) is 0 Å². The van der Waals surface area contributed by atoms with Crippen molar-refractivity contribution in [2.75, 3.05) is 26.2 Å². The largest absolute Gasteiger partial charge is 0.481 e. The number of nitrogens with zero attached hydrogens (tertiary/aromatic N) is 1. The minimum absolute atomic E-state index is 0.00658. The number of nitrogens with one attached hydrogen (secondary N) is 1. The minimum atomic E-state index is -0.751. The Morgan fingerprint density at radius 3 is 2.88 bits per heavy atom. The zero-order valence-electron chi connectivity index (χ0n) is 9.74. The van der Waals surface area contributed by atoms with Gasteiger partial charge in [-0.05, 0) is 25.8 Å². The van der Waals surface area contributed by atoms with Gasteiger partial charge in [0.25, 0.3) is 0 Å². The predicted molar refractivity (Wildman–Crippen MR) is 60.1 cm³/mol. The highest BCUT2D eigenvalue weighted by Gasteiger charge is 2.26.